The van der Waals surface area contributed by atoms with Crippen molar-refractivity contribution in [1.82, 2.24) is 5.32 Å². The number of halogens is 2. The Labute approximate surface area is 109 Å². The van der Waals surface area contributed by atoms with E-state index in [1.807, 2.05) is 0 Å². The van der Waals surface area contributed by atoms with E-state index in [2.05, 4.69) is 21.2 Å². The van der Waals surface area contributed by atoms with E-state index in [1.165, 1.54) is 6.07 Å². The lowest BCUT2D eigenvalue weighted by molar-refractivity contribution is 0.0694. The zero-order chi connectivity index (χ0) is 12.9. The van der Waals surface area contributed by atoms with Crippen LogP contribution in [0.25, 0.3) is 0 Å². The first kappa shape index (κ1) is 14.6. The van der Waals surface area contributed by atoms with Crippen molar-refractivity contribution in [1.29, 1.82) is 0 Å². The molecule has 3 N–H and O–H groups in total. The Kier molecular flexibility index (Phi) is 5.52. The first-order valence-electron chi connectivity index (χ1n) is 5.37. The van der Waals surface area contributed by atoms with E-state index in [4.69, 9.17) is 10.2 Å². The zero-order valence-corrected chi connectivity index (χ0v) is 11.3. The average Bonchev–Trinajstić information content (AvgIpc) is 2.33. The molecule has 0 aliphatic carbocycles. The maximum absolute atomic E-state index is 13.4. The van der Waals surface area contributed by atoms with Gasteiger partial charge in [-0.2, -0.15) is 0 Å². The maximum atomic E-state index is 13.4. The van der Waals surface area contributed by atoms with Crippen molar-refractivity contribution in [3.63, 3.8) is 0 Å². The van der Waals surface area contributed by atoms with E-state index in [0.717, 1.165) is 4.47 Å². The fraction of sp³-hybridized carbons (Fsp3) is 0.500. The van der Waals surface area contributed by atoms with Gasteiger partial charge >= 0.3 is 0 Å². The molecule has 0 bridgehead atoms. The van der Waals surface area contributed by atoms with Gasteiger partial charge in [0, 0.05) is 28.5 Å². The summed E-state index contributed by atoms with van der Waals surface area (Å²) in [5.74, 6) is -0.268. The molecular formula is C12H17BrFNO2. The molecule has 0 spiro atoms. The van der Waals surface area contributed by atoms with Crippen LogP contribution < -0.4 is 5.32 Å². The van der Waals surface area contributed by atoms with Gasteiger partial charge in [-0.3, -0.25) is 0 Å². The van der Waals surface area contributed by atoms with Gasteiger partial charge in [0.25, 0.3) is 0 Å². The average molecular weight is 306 g/mol. The number of rotatable bonds is 6. The molecule has 1 aromatic rings. The van der Waals surface area contributed by atoms with Crippen molar-refractivity contribution in [2.45, 2.75) is 13.5 Å². The number of aliphatic hydroxyl groups is 2. The van der Waals surface area contributed by atoms with E-state index in [1.54, 1.807) is 19.1 Å². The number of aliphatic hydroxyl groups excluding tert-OH is 2. The van der Waals surface area contributed by atoms with Crippen molar-refractivity contribution in [3.8, 4) is 0 Å². The van der Waals surface area contributed by atoms with Crippen LogP contribution in [0.3, 0.4) is 0 Å². The molecule has 0 unspecified atom stereocenters. The summed E-state index contributed by atoms with van der Waals surface area (Å²) in [5, 5.41) is 21.2. The summed E-state index contributed by atoms with van der Waals surface area (Å²) < 4.78 is 14.2. The third-order valence-electron chi connectivity index (χ3n) is 2.64. The molecular weight excluding hydrogens is 289 g/mol. The van der Waals surface area contributed by atoms with Crippen LogP contribution in [0.2, 0.25) is 0 Å². The van der Waals surface area contributed by atoms with E-state index < -0.39 is 5.41 Å². The summed E-state index contributed by atoms with van der Waals surface area (Å²) in [6.07, 6.45) is 0. The highest BCUT2D eigenvalue weighted by Crippen LogP contribution is 2.16. The predicted octanol–water partition coefficient (Wildman–Crippen LogP) is 1.67. The molecule has 0 radical (unpaired) electrons. The zero-order valence-electron chi connectivity index (χ0n) is 9.71. The molecule has 0 amide bonds. The van der Waals surface area contributed by atoms with Gasteiger partial charge in [0.05, 0.1) is 13.2 Å². The Morgan fingerprint density at radius 1 is 1.35 bits per heavy atom. The maximum Gasteiger partial charge on any atom is 0.127 e. The summed E-state index contributed by atoms with van der Waals surface area (Å²) in [4.78, 5) is 0. The highest BCUT2D eigenvalue weighted by molar-refractivity contribution is 9.10. The molecule has 0 aromatic heterocycles. The largest absolute Gasteiger partial charge is 0.396 e. The summed E-state index contributed by atoms with van der Waals surface area (Å²) in [6.45, 7) is 2.32. The van der Waals surface area contributed by atoms with Crippen LogP contribution in [0.1, 0.15) is 12.5 Å². The number of hydrogen-bond acceptors (Lipinski definition) is 3. The molecule has 0 heterocycles. The first-order chi connectivity index (χ1) is 8.00. The molecule has 1 aromatic carbocycles. The van der Waals surface area contributed by atoms with Crippen molar-refractivity contribution in [2.24, 2.45) is 5.41 Å². The smallest absolute Gasteiger partial charge is 0.127 e. The van der Waals surface area contributed by atoms with Crippen LogP contribution in [0, 0.1) is 11.2 Å². The number of benzene rings is 1. The number of hydrogen-bond donors (Lipinski definition) is 3. The molecule has 96 valence electrons. The SMILES string of the molecule is CC(CO)(CO)CNCc1cc(Br)ccc1F. The molecule has 17 heavy (non-hydrogen) atoms. The Bertz CT molecular complexity index is 370. The molecule has 5 heteroatoms. The molecule has 0 fully saturated rings. The summed E-state index contributed by atoms with van der Waals surface area (Å²) >= 11 is 3.28. The van der Waals surface area contributed by atoms with Crippen LogP contribution in [0.4, 0.5) is 4.39 Å². The van der Waals surface area contributed by atoms with Crippen molar-refractivity contribution in [2.75, 3.05) is 19.8 Å². The van der Waals surface area contributed by atoms with Gasteiger partial charge in [0.2, 0.25) is 0 Å². The predicted molar refractivity (Wildman–Crippen MR) is 68.1 cm³/mol. The second-order valence-corrected chi connectivity index (χ2v) is 5.38. The molecule has 3 nitrogen and oxygen atoms in total. The van der Waals surface area contributed by atoms with Crippen LogP contribution in [0.15, 0.2) is 22.7 Å². The Morgan fingerprint density at radius 2 is 2.00 bits per heavy atom. The lowest BCUT2D eigenvalue weighted by atomic mass is 9.93. The Morgan fingerprint density at radius 3 is 2.59 bits per heavy atom. The van der Waals surface area contributed by atoms with E-state index in [9.17, 15) is 4.39 Å². The highest BCUT2D eigenvalue weighted by atomic mass is 79.9. The molecule has 0 aliphatic rings. The van der Waals surface area contributed by atoms with E-state index in [-0.39, 0.29) is 19.0 Å². The minimum absolute atomic E-state index is 0.114. The lowest BCUT2D eigenvalue weighted by Gasteiger charge is -2.24. The van der Waals surface area contributed by atoms with Crippen LogP contribution in [-0.2, 0) is 6.54 Å². The normalized spacial score (nSPS) is 11.8. The summed E-state index contributed by atoms with van der Waals surface area (Å²) in [6, 6.07) is 4.75. The topological polar surface area (TPSA) is 52.5 Å². The summed E-state index contributed by atoms with van der Waals surface area (Å²) in [5.41, 5.74) is -0.0275. The van der Waals surface area contributed by atoms with Gasteiger partial charge in [0.15, 0.2) is 0 Å². The number of nitrogens with one attached hydrogen (secondary N) is 1. The fourth-order valence-corrected chi connectivity index (χ4v) is 1.75. The summed E-state index contributed by atoms with van der Waals surface area (Å²) in [7, 11) is 0. The quantitative estimate of drug-likeness (QED) is 0.749. The minimum atomic E-state index is -0.581. The molecule has 0 atom stereocenters. The van der Waals surface area contributed by atoms with Crippen molar-refractivity contribution >= 4 is 15.9 Å². The van der Waals surface area contributed by atoms with Gasteiger partial charge in [-0.25, -0.2) is 4.39 Å². The minimum Gasteiger partial charge on any atom is -0.396 e. The van der Waals surface area contributed by atoms with Crippen molar-refractivity contribution < 1.29 is 14.6 Å². The standard InChI is InChI=1S/C12H17BrFNO2/c1-12(7-16,8-17)6-15-5-9-4-10(13)2-3-11(9)14/h2-4,15-17H,5-8H2,1H3. The third kappa shape index (κ3) is 4.35. The Balaban J connectivity index is 2.53. The second kappa shape index (κ2) is 6.44. The highest BCUT2D eigenvalue weighted by Gasteiger charge is 2.21. The second-order valence-electron chi connectivity index (χ2n) is 4.47. The molecule has 0 saturated heterocycles. The molecule has 0 saturated carbocycles. The van der Waals surface area contributed by atoms with Gasteiger partial charge < -0.3 is 15.5 Å². The van der Waals surface area contributed by atoms with Gasteiger partial charge in [-0.1, -0.05) is 22.9 Å². The van der Waals surface area contributed by atoms with E-state index >= 15 is 0 Å². The third-order valence-corrected chi connectivity index (χ3v) is 3.13. The van der Waals surface area contributed by atoms with Crippen LogP contribution in [-0.4, -0.2) is 30.0 Å². The van der Waals surface area contributed by atoms with Gasteiger partial charge in [-0.05, 0) is 18.2 Å². The van der Waals surface area contributed by atoms with Gasteiger partial charge in [-0.15, -0.1) is 0 Å². The fourth-order valence-electron chi connectivity index (χ4n) is 1.34. The van der Waals surface area contributed by atoms with Gasteiger partial charge in [0.1, 0.15) is 5.82 Å². The first-order valence-corrected chi connectivity index (χ1v) is 6.16. The monoisotopic (exact) mass is 305 g/mol. The Hall–Kier alpha value is -0.490. The molecule has 0 aliphatic heterocycles. The lowest BCUT2D eigenvalue weighted by Crippen LogP contribution is -2.37. The van der Waals surface area contributed by atoms with Crippen molar-refractivity contribution in [3.05, 3.63) is 34.1 Å². The van der Waals surface area contributed by atoms with Crippen LogP contribution >= 0.6 is 15.9 Å². The van der Waals surface area contributed by atoms with Crippen LogP contribution in [0.5, 0.6) is 0 Å². The molecule has 1 rings (SSSR count). The van der Waals surface area contributed by atoms with E-state index in [0.29, 0.717) is 18.7 Å².